The van der Waals surface area contributed by atoms with E-state index in [0.29, 0.717) is 10.8 Å². The van der Waals surface area contributed by atoms with Gasteiger partial charge in [-0.25, -0.2) is 17.5 Å². The summed E-state index contributed by atoms with van der Waals surface area (Å²) in [5.74, 6) is 0.0133. The van der Waals surface area contributed by atoms with Crippen LogP contribution in [0.5, 0.6) is 0 Å². The molecule has 1 N–H and O–H groups in total. The molecular weight excluding hydrogens is 335 g/mol. The van der Waals surface area contributed by atoms with E-state index in [0.717, 1.165) is 30.1 Å². The number of thiophene rings is 1. The fraction of sp³-hybridized carbons (Fsp3) is 0.375. The topological polar surface area (TPSA) is 49.4 Å². The zero-order chi connectivity index (χ0) is 16.4. The van der Waals surface area contributed by atoms with Gasteiger partial charge >= 0.3 is 0 Å². The van der Waals surface area contributed by atoms with Gasteiger partial charge in [0.1, 0.15) is 10.0 Å². The molecule has 0 amide bonds. The predicted octanol–water partition coefficient (Wildman–Crippen LogP) is 3.00. The van der Waals surface area contributed by atoms with Crippen molar-refractivity contribution in [3.8, 4) is 0 Å². The van der Waals surface area contributed by atoms with Crippen LogP contribution in [0.2, 0.25) is 0 Å². The average molecular weight is 354 g/mol. The summed E-state index contributed by atoms with van der Waals surface area (Å²) >= 11 is 1.28. The molecular formula is C16H19FN2O2S2. The molecule has 0 radical (unpaired) electrons. The Bertz CT molecular complexity index is 772. The Morgan fingerprint density at radius 3 is 2.65 bits per heavy atom. The molecule has 7 heteroatoms. The second kappa shape index (κ2) is 6.59. The molecule has 1 unspecified atom stereocenters. The largest absolute Gasteiger partial charge is 0.371 e. The molecule has 0 saturated carbocycles. The smallest absolute Gasteiger partial charge is 0.250 e. The van der Waals surface area contributed by atoms with Crippen LogP contribution in [0.4, 0.5) is 10.1 Å². The van der Waals surface area contributed by atoms with E-state index in [1.54, 1.807) is 18.2 Å². The summed E-state index contributed by atoms with van der Waals surface area (Å²) in [6, 6.07) is 9.87. The van der Waals surface area contributed by atoms with Crippen LogP contribution in [-0.2, 0) is 10.0 Å². The van der Waals surface area contributed by atoms with Crippen LogP contribution < -0.4 is 9.62 Å². The van der Waals surface area contributed by atoms with Gasteiger partial charge < -0.3 is 4.90 Å². The summed E-state index contributed by atoms with van der Waals surface area (Å²) < 4.78 is 40.5. The number of hydrogen-bond acceptors (Lipinski definition) is 4. The van der Waals surface area contributed by atoms with Crippen LogP contribution in [0.25, 0.3) is 0 Å². The molecule has 3 rings (SSSR count). The first-order valence-electron chi connectivity index (χ1n) is 7.51. The average Bonchev–Trinajstić information content (AvgIpc) is 3.15. The molecule has 2 heterocycles. The molecule has 1 atom stereocenters. The molecule has 124 valence electrons. The summed E-state index contributed by atoms with van der Waals surface area (Å²) in [7, 11) is -3.41. The van der Waals surface area contributed by atoms with E-state index >= 15 is 0 Å². The number of aryl methyl sites for hydroxylation is 1. The van der Waals surface area contributed by atoms with E-state index in [4.69, 9.17) is 0 Å². The van der Waals surface area contributed by atoms with Crippen LogP contribution in [0.3, 0.4) is 0 Å². The first-order valence-corrected chi connectivity index (χ1v) is 9.80. The fourth-order valence-corrected chi connectivity index (χ4v) is 5.18. The Labute approximate surface area is 140 Å². The molecule has 2 aromatic rings. The van der Waals surface area contributed by atoms with E-state index in [1.165, 1.54) is 23.5 Å². The Balaban J connectivity index is 1.57. The Kier molecular flexibility index (Phi) is 4.70. The monoisotopic (exact) mass is 354 g/mol. The molecule has 0 aliphatic carbocycles. The van der Waals surface area contributed by atoms with Crippen molar-refractivity contribution in [3.63, 3.8) is 0 Å². The standard InChI is InChI=1S/C16H19FN2O2S2/c1-12-2-7-16(22-12)23(20,21)18-10-13-8-9-19(11-13)15-5-3-14(17)4-6-15/h2-7,13,18H,8-11H2,1H3. The van der Waals surface area contributed by atoms with Crippen LogP contribution in [0.15, 0.2) is 40.6 Å². The molecule has 1 aliphatic heterocycles. The zero-order valence-corrected chi connectivity index (χ0v) is 14.5. The van der Waals surface area contributed by atoms with Crippen molar-refractivity contribution in [2.75, 3.05) is 24.5 Å². The SMILES string of the molecule is Cc1ccc(S(=O)(=O)NCC2CCN(c3ccc(F)cc3)C2)s1. The van der Waals surface area contributed by atoms with Crippen molar-refractivity contribution in [1.29, 1.82) is 0 Å². The number of nitrogens with one attached hydrogen (secondary N) is 1. The second-order valence-electron chi connectivity index (χ2n) is 5.79. The van der Waals surface area contributed by atoms with Gasteiger partial charge in [-0.15, -0.1) is 11.3 Å². The third-order valence-corrected chi connectivity index (χ3v) is 6.94. The van der Waals surface area contributed by atoms with Crippen molar-refractivity contribution in [2.45, 2.75) is 17.6 Å². The highest BCUT2D eigenvalue weighted by Crippen LogP contribution is 2.25. The predicted molar refractivity (Wildman–Crippen MR) is 91.0 cm³/mol. The minimum absolute atomic E-state index is 0.247. The lowest BCUT2D eigenvalue weighted by Crippen LogP contribution is -2.30. The first-order chi connectivity index (χ1) is 10.9. The van der Waals surface area contributed by atoms with Crippen molar-refractivity contribution in [2.24, 2.45) is 5.92 Å². The third-order valence-electron chi connectivity index (χ3n) is 4.02. The van der Waals surface area contributed by atoms with Crippen LogP contribution in [0.1, 0.15) is 11.3 Å². The highest BCUT2D eigenvalue weighted by atomic mass is 32.2. The van der Waals surface area contributed by atoms with Crippen LogP contribution in [0, 0.1) is 18.7 Å². The maximum absolute atomic E-state index is 13.0. The molecule has 4 nitrogen and oxygen atoms in total. The number of anilines is 1. The van der Waals surface area contributed by atoms with Crippen molar-refractivity contribution in [3.05, 3.63) is 47.1 Å². The number of halogens is 1. The minimum atomic E-state index is -3.41. The molecule has 23 heavy (non-hydrogen) atoms. The Hall–Kier alpha value is -1.44. The van der Waals surface area contributed by atoms with Gasteiger partial charge in [0.15, 0.2) is 0 Å². The van der Waals surface area contributed by atoms with Crippen molar-refractivity contribution >= 4 is 27.0 Å². The van der Waals surface area contributed by atoms with Crippen LogP contribution >= 0.6 is 11.3 Å². The lowest BCUT2D eigenvalue weighted by molar-refractivity contribution is 0.543. The first kappa shape index (κ1) is 16.4. The number of rotatable bonds is 5. The molecule has 1 fully saturated rings. The lowest BCUT2D eigenvalue weighted by atomic mass is 10.1. The van der Waals surface area contributed by atoms with E-state index < -0.39 is 10.0 Å². The molecule has 0 spiro atoms. The summed E-state index contributed by atoms with van der Waals surface area (Å²) in [6.45, 7) is 3.95. The molecule has 0 bridgehead atoms. The number of hydrogen-bond donors (Lipinski definition) is 1. The van der Waals surface area contributed by atoms with Gasteiger partial charge in [-0.05, 0) is 55.7 Å². The van der Waals surface area contributed by atoms with Gasteiger partial charge in [0, 0.05) is 30.2 Å². The number of sulfonamides is 1. The third kappa shape index (κ3) is 3.91. The van der Waals surface area contributed by atoms with Crippen LogP contribution in [-0.4, -0.2) is 28.1 Å². The van der Waals surface area contributed by atoms with Gasteiger partial charge in [-0.1, -0.05) is 0 Å². The Morgan fingerprint density at radius 1 is 1.26 bits per heavy atom. The maximum atomic E-state index is 13.0. The molecule has 1 aromatic heterocycles. The molecule has 1 aliphatic rings. The van der Waals surface area contributed by atoms with Gasteiger partial charge in [-0.2, -0.15) is 0 Å². The summed E-state index contributed by atoms with van der Waals surface area (Å²) in [6.07, 6.45) is 0.920. The highest BCUT2D eigenvalue weighted by molar-refractivity contribution is 7.91. The number of benzene rings is 1. The fourth-order valence-electron chi connectivity index (χ4n) is 2.74. The van der Waals surface area contributed by atoms with E-state index in [-0.39, 0.29) is 11.7 Å². The molecule has 1 aromatic carbocycles. The maximum Gasteiger partial charge on any atom is 0.250 e. The summed E-state index contributed by atoms with van der Waals surface area (Å²) in [5, 5.41) is 0. The molecule has 1 saturated heterocycles. The quantitative estimate of drug-likeness (QED) is 0.898. The van der Waals surface area contributed by atoms with Gasteiger partial charge in [-0.3, -0.25) is 0 Å². The Morgan fingerprint density at radius 2 is 2.00 bits per heavy atom. The number of nitrogens with zero attached hydrogens (tertiary/aromatic N) is 1. The van der Waals surface area contributed by atoms with Crippen molar-refractivity contribution < 1.29 is 12.8 Å². The minimum Gasteiger partial charge on any atom is -0.371 e. The van der Waals surface area contributed by atoms with Gasteiger partial charge in [0.05, 0.1) is 0 Å². The summed E-state index contributed by atoms with van der Waals surface area (Å²) in [4.78, 5) is 3.14. The van der Waals surface area contributed by atoms with E-state index in [2.05, 4.69) is 9.62 Å². The second-order valence-corrected chi connectivity index (χ2v) is 9.08. The van der Waals surface area contributed by atoms with Gasteiger partial charge in [0.2, 0.25) is 10.0 Å². The van der Waals surface area contributed by atoms with Crippen molar-refractivity contribution in [1.82, 2.24) is 4.72 Å². The lowest BCUT2D eigenvalue weighted by Gasteiger charge is -2.18. The van der Waals surface area contributed by atoms with E-state index in [1.807, 2.05) is 13.0 Å². The van der Waals surface area contributed by atoms with Gasteiger partial charge in [0.25, 0.3) is 0 Å². The summed E-state index contributed by atoms with van der Waals surface area (Å²) in [5.41, 5.74) is 0.977. The zero-order valence-electron chi connectivity index (χ0n) is 12.8. The normalized spacial score (nSPS) is 18.5. The van der Waals surface area contributed by atoms with E-state index in [9.17, 15) is 12.8 Å². The highest BCUT2D eigenvalue weighted by Gasteiger charge is 2.25.